The molecule has 0 spiro atoms. The zero-order valence-corrected chi connectivity index (χ0v) is 17.0. The quantitative estimate of drug-likeness (QED) is 0.393. The van der Waals surface area contributed by atoms with Crippen LogP contribution < -0.4 is 9.47 Å². The molecular weight excluding hydrogens is 388 g/mol. The molecule has 0 atom stereocenters. The molecule has 0 bridgehead atoms. The second kappa shape index (κ2) is 10.5. The van der Waals surface area contributed by atoms with Gasteiger partial charge in [0.25, 0.3) is 0 Å². The smallest absolute Gasteiger partial charge is 0.306 e. The van der Waals surface area contributed by atoms with Gasteiger partial charge in [-0.25, -0.2) is 0 Å². The summed E-state index contributed by atoms with van der Waals surface area (Å²) in [5, 5.41) is 0.559. The first kappa shape index (κ1) is 20.7. The fourth-order valence-corrected chi connectivity index (χ4v) is 3.03. The maximum absolute atomic E-state index is 11.5. The second-order valence-electron chi connectivity index (χ2n) is 6.41. The molecule has 0 aliphatic heterocycles. The summed E-state index contributed by atoms with van der Waals surface area (Å²) in [6.45, 7) is 2.66. The fourth-order valence-electron chi connectivity index (χ4n) is 2.77. The van der Waals surface area contributed by atoms with E-state index in [0.29, 0.717) is 42.6 Å². The van der Waals surface area contributed by atoms with Gasteiger partial charge in [-0.3, -0.25) is 4.79 Å². The van der Waals surface area contributed by atoms with Crippen molar-refractivity contribution >= 4 is 17.6 Å². The molecular formula is C24H23ClO4. The second-order valence-corrected chi connectivity index (χ2v) is 6.82. The summed E-state index contributed by atoms with van der Waals surface area (Å²) < 4.78 is 16.7. The molecule has 0 fully saturated rings. The molecule has 5 heteroatoms. The van der Waals surface area contributed by atoms with Crippen molar-refractivity contribution in [3.8, 4) is 17.2 Å². The summed E-state index contributed by atoms with van der Waals surface area (Å²) in [6, 6.07) is 22.9. The van der Waals surface area contributed by atoms with E-state index in [4.69, 9.17) is 25.8 Å². The molecule has 0 aliphatic carbocycles. The Kier molecular flexibility index (Phi) is 7.54. The third-order valence-electron chi connectivity index (χ3n) is 4.22. The first-order valence-electron chi connectivity index (χ1n) is 9.52. The highest BCUT2D eigenvalue weighted by Crippen LogP contribution is 2.29. The minimum absolute atomic E-state index is 0.226. The average Bonchev–Trinajstić information content (AvgIpc) is 2.73. The van der Waals surface area contributed by atoms with Crippen molar-refractivity contribution in [3.05, 3.63) is 88.9 Å². The van der Waals surface area contributed by atoms with Gasteiger partial charge in [0.2, 0.25) is 0 Å². The van der Waals surface area contributed by atoms with Crippen molar-refractivity contribution in [1.29, 1.82) is 0 Å². The van der Waals surface area contributed by atoms with Crippen LogP contribution in [0.4, 0.5) is 0 Å². The predicted molar refractivity (Wildman–Crippen MR) is 114 cm³/mol. The molecule has 0 radical (unpaired) electrons. The largest absolute Gasteiger partial charge is 0.489 e. The molecule has 3 rings (SSSR count). The highest BCUT2D eigenvalue weighted by Gasteiger charge is 2.08. The van der Waals surface area contributed by atoms with E-state index in [1.54, 1.807) is 13.0 Å². The first-order chi connectivity index (χ1) is 14.1. The van der Waals surface area contributed by atoms with Crippen LogP contribution in [0.2, 0.25) is 5.02 Å². The Morgan fingerprint density at radius 3 is 2.41 bits per heavy atom. The van der Waals surface area contributed by atoms with Crippen molar-refractivity contribution < 1.29 is 19.0 Å². The SMILES string of the molecule is CCOC(=O)CCc1ccc(Oc2cccc(OCc3ccccc3)c2)cc1Cl. The monoisotopic (exact) mass is 410 g/mol. The van der Waals surface area contributed by atoms with Crippen LogP contribution in [0.15, 0.2) is 72.8 Å². The fraction of sp³-hybridized carbons (Fsp3) is 0.208. The Balaban J connectivity index is 1.59. The number of carbonyl (C=O) groups is 1. The molecule has 0 heterocycles. The minimum Gasteiger partial charge on any atom is -0.489 e. The molecule has 0 aromatic heterocycles. The van der Waals surface area contributed by atoms with Crippen molar-refractivity contribution in [3.63, 3.8) is 0 Å². The van der Waals surface area contributed by atoms with Crippen LogP contribution in [-0.2, 0) is 22.6 Å². The number of ether oxygens (including phenoxy) is 3. The van der Waals surface area contributed by atoms with Crippen LogP contribution in [0.3, 0.4) is 0 Å². The summed E-state index contributed by atoms with van der Waals surface area (Å²) in [4.78, 5) is 11.5. The van der Waals surface area contributed by atoms with Crippen LogP contribution in [-0.4, -0.2) is 12.6 Å². The van der Waals surface area contributed by atoms with Crippen LogP contribution in [0.25, 0.3) is 0 Å². The Morgan fingerprint density at radius 1 is 0.897 bits per heavy atom. The van der Waals surface area contributed by atoms with E-state index in [2.05, 4.69) is 0 Å². The maximum Gasteiger partial charge on any atom is 0.306 e. The molecule has 0 saturated carbocycles. The van der Waals surface area contributed by atoms with Crippen molar-refractivity contribution in [1.82, 2.24) is 0 Å². The molecule has 0 N–H and O–H groups in total. The summed E-state index contributed by atoms with van der Waals surface area (Å²) in [7, 11) is 0. The highest BCUT2D eigenvalue weighted by atomic mass is 35.5. The minimum atomic E-state index is -0.226. The van der Waals surface area contributed by atoms with E-state index in [-0.39, 0.29) is 5.97 Å². The number of halogens is 1. The molecule has 4 nitrogen and oxygen atoms in total. The number of hydrogen-bond acceptors (Lipinski definition) is 4. The van der Waals surface area contributed by atoms with Gasteiger partial charge in [0, 0.05) is 17.5 Å². The molecule has 150 valence electrons. The summed E-state index contributed by atoms with van der Waals surface area (Å²) in [5.74, 6) is 1.78. The lowest BCUT2D eigenvalue weighted by atomic mass is 10.1. The molecule has 3 aromatic rings. The Bertz CT molecular complexity index is 941. The van der Waals surface area contributed by atoms with Crippen LogP contribution in [0.5, 0.6) is 17.2 Å². The van der Waals surface area contributed by atoms with E-state index in [1.807, 2.05) is 66.7 Å². The molecule has 0 unspecified atom stereocenters. The van der Waals surface area contributed by atoms with Gasteiger partial charge in [-0.15, -0.1) is 0 Å². The topological polar surface area (TPSA) is 44.8 Å². The molecule has 0 aliphatic rings. The Morgan fingerprint density at radius 2 is 1.66 bits per heavy atom. The number of benzene rings is 3. The van der Waals surface area contributed by atoms with E-state index in [9.17, 15) is 4.79 Å². The lowest BCUT2D eigenvalue weighted by molar-refractivity contribution is -0.143. The van der Waals surface area contributed by atoms with Crippen molar-refractivity contribution in [2.45, 2.75) is 26.4 Å². The summed E-state index contributed by atoms with van der Waals surface area (Å²) >= 11 is 6.35. The van der Waals surface area contributed by atoms with Crippen LogP contribution in [0.1, 0.15) is 24.5 Å². The Labute approximate surface area is 176 Å². The van der Waals surface area contributed by atoms with E-state index in [0.717, 1.165) is 16.9 Å². The van der Waals surface area contributed by atoms with Gasteiger partial charge in [0.1, 0.15) is 23.9 Å². The van der Waals surface area contributed by atoms with Gasteiger partial charge in [0.15, 0.2) is 0 Å². The number of carbonyl (C=O) groups excluding carboxylic acids is 1. The normalized spacial score (nSPS) is 10.4. The summed E-state index contributed by atoms with van der Waals surface area (Å²) in [6.07, 6.45) is 0.829. The maximum atomic E-state index is 11.5. The van der Waals surface area contributed by atoms with E-state index < -0.39 is 0 Å². The third-order valence-corrected chi connectivity index (χ3v) is 4.57. The standard InChI is InChI=1S/C24H23ClO4/c1-2-27-24(26)14-12-19-11-13-22(16-23(19)25)29-21-10-6-9-20(15-21)28-17-18-7-4-3-5-8-18/h3-11,13,15-16H,2,12,14,17H2,1H3. The van der Waals surface area contributed by atoms with Crippen LogP contribution in [0, 0.1) is 0 Å². The van der Waals surface area contributed by atoms with Crippen molar-refractivity contribution in [2.24, 2.45) is 0 Å². The molecule has 0 saturated heterocycles. The zero-order valence-electron chi connectivity index (χ0n) is 16.3. The van der Waals surface area contributed by atoms with Crippen LogP contribution >= 0.6 is 11.6 Å². The van der Waals surface area contributed by atoms with Gasteiger partial charge in [0.05, 0.1) is 6.61 Å². The number of esters is 1. The average molecular weight is 411 g/mol. The van der Waals surface area contributed by atoms with Gasteiger partial charge < -0.3 is 14.2 Å². The number of rotatable bonds is 9. The van der Waals surface area contributed by atoms with E-state index in [1.165, 1.54) is 0 Å². The number of hydrogen-bond donors (Lipinski definition) is 0. The lowest BCUT2D eigenvalue weighted by Crippen LogP contribution is -2.05. The van der Waals surface area contributed by atoms with Crippen molar-refractivity contribution in [2.75, 3.05) is 6.61 Å². The zero-order chi connectivity index (χ0) is 20.5. The highest BCUT2D eigenvalue weighted by molar-refractivity contribution is 6.31. The predicted octanol–water partition coefficient (Wildman–Crippen LogP) is 6.21. The first-order valence-corrected chi connectivity index (χ1v) is 9.90. The number of aryl methyl sites for hydroxylation is 1. The Hall–Kier alpha value is -2.98. The summed E-state index contributed by atoms with van der Waals surface area (Å²) in [5.41, 5.74) is 1.98. The molecule has 29 heavy (non-hydrogen) atoms. The van der Waals surface area contributed by atoms with Gasteiger partial charge >= 0.3 is 5.97 Å². The molecule has 3 aromatic carbocycles. The van der Waals surface area contributed by atoms with Gasteiger partial charge in [-0.1, -0.05) is 54.1 Å². The third kappa shape index (κ3) is 6.54. The lowest BCUT2D eigenvalue weighted by Gasteiger charge is -2.11. The van der Waals surface area contributed by atoms with Gasteiger partial charge in [-0.05, 0) is 48.7 Å². The molecule has 0 amide bonds. The van der Waals surface area contributed by atoms with Gasteiger partial charge in [-0.2, -0.15) is 0 Å². The van der Waals surface area contributed by atoms with E-state index >= 15 is 0 Å².